The Morgan fingerprint density at radius 1 is 1.15 bits per heavy atom. The van der Waals surface area contributed by atoms with Crippen LogP contribution < -0.4 is 10.1 Å². The van der Waals surface area contributed by atoms with Crippen molar-refractivity contribution in [3.8, 4) is 16.3 Å². The number of nitrogens with one attached hydrogen (secondary N) is 1. The highest BCUT2D eigenvalue weighted by atomic mass is 32.1. The summed E-state index contributed by atoms with van der Waals surface area (Å²) in [6, 6.07) is 14.6. The number of ether oxygens (including phenoxy) is 1. The molecule has 0 fully saturated rings. The van der Waals surface area contributed by atoms with Crippen molar-refractivity contribution in [2.45, 2.75) is 0 Å². The summed E-state index contributed by atoms with van der Waals surface area (Å²) in [6.07, 6.45) is 3.22. The van der Waals surface area contributed by atoms with Crippen molar-refractivity contribution in [3.63, 3.8) is 0 Å². The molecule has 0 spiro atoms. The molecular weight excluding hydrogens is 362 g/mol. The van der Waals surface area contributed by atoms with Gasteiger partial charge in [0.15, 0.2) is 0 Å². The number of anilines is 1. The first-order valence-corrected chi connectivity index (χ1v) is 9.05. The zero-order chi connectivity index (χ0) is 18.8. The molecule has 4 rings (SSSR count). The number of carbonyl (C=O) groups excluding carboxylic acids is 2. The fourth-order valence-electron chi connectivity index (χ4n) is 2.85. The molecule has 6 nitrogen and oxygen atoms in total. The van der Waals surface area contributed by atoms with Crippen LogP contribution in [0.15, 0.2) is 66.3 Å². The maximum atomic E-state index is 13.0. The standard InChI is InChI=1S/C20H15N3O3S/c1-26-17-8-7-13(12-21-17)22-20(25)19(24)18-15(16-6-4-10-27-16)11-14-5-2-3-9-23(14)18/h2-12H,1H3,(H,22,25). The number of aromatic nitrogens is 2. The molecule has 0 atom stereocenters. The molecule has 0 aliphatic heterocycles. The highest BCUT2D eigenvalue weighted by Gasteiger charge is 2.25. The van der Waals surface area contributed by atoms with Crippen molar-refractivity contribution in [2.24, 2.45) is 0 Å². The quantitative estimate of drug-likeness (QED) is 0.423. The highest BCUT2D eigenvalue weighted by molar-refractivity contribution is 7.13. The van der Waals surface area contributed by atoms with Crippen LogP contribution in [0.3, 0.4) is 0 Å². The van der Waals surface area contributed by atoms with Crippen LogP contribution in [-0.2, 0) is 4.79 Å². The molecule has 1 amide bonds. The second-order valence-corrected chi connectivity index (χ2v) is 6.70. The summed E-state index contributed by atoms with van der Waals surface area (Å²) in [7, 11) is 1.51. The summed E-state index contributed by atoms with van der Waals surface area (Å²) < 4.78 is 6.73. The first-order chi connectivity index (χ1) is 13.2. The van der Waals surface area contributed by atoms with Gasteiger partial charge in [-0.25, -0.2) is 4.98 Å². The van der Waals surface area contributed by atoms with Gasteiger partial charge in [-0.1, -0.05) is 12.1 Å². The average Bonchev–Trinajstić information content (AvgIpc) is 3.35. The molecule has 0 unspecified atom stereocenters. The van der Waals surface area contributed by atoms with E-state index in [-0.39, 0.29) is 0 Å². The minimum Gasteiger partial charge on any atom is -0.481 e. The third kappa shape index (κ3) is 3.20. The molecular formula is C20H15N3O3S. The average molecular weight is 377 g/mol. The Kier molecular flexibility index (Phi) is 4.43. The molecule has 134 valence electrons. The third-order valence-corrected chi connectivity index (χ3v) is 4.99. The summed E-state index contributed by atoms with van der Waals surface area (Å²) in [4.78, 5) is 30.6. The van der Waals surface area contributed by atoms with E-state index in [1.165, 1.54) is 24.6 Å². The summed E-state index contributed by atoms with van der Waals surface area (Å²) >= 11 is 1.52. The SMILES string of the molecule is COc1ccc(NC(=O)C(=O)c2c(-c3cccs3)cc3ccccn23)cn1. The van der Waals surface area contributed by atoms with E-state index in [1.807, 2.05) is 41.8 Å². The van der Waals surface area contributed by atoms with E-state index in [1.54, 1.807) is 22.7 Å². The Balaban J connectivity index is 1.71. The van der Waals surface area contributed by atoms with Crippen molar-refractivity contribution >= 4 is 34.2 Å². The van der Waals surface area contributed by atoms with Crippen LogP contribution >= 0.6 is 11.3 Å². The normalized spacial score (nSPS) is 10.7. The first kappa shape index (κ1) is 17.0. The number of fused-ring (bicyclic) bond motifs is 1. The molecule has 0 radical (unpaired) electrons. The Hall–Kier alpha value is -3.45. The molecule has 4 aromatic heterocycles. The van der Waals surface area contributed by atoms with E-state index in [0.717, 1.165) is 16.0 Å². The molecule has 1 N–H and O–H groups in total. The lowest BCUT2D eigenvalue weighted by Crippen LogP contribution is -2.24. The smallest absolute Gasteiger partial charge is 0.298 e. The molecule has 4 heterocycles. The molecule has 0 aromatic carbocycles. The Morgan fingerprint density at radius 3 is 2.74 bits per heavy atom. The maximum Gasteiger partial charge on any atom is 0.298 e. The minimum absolute atomic E-state index is 0.340. The molecule has 27 heavy (non-hydrogen) atoms. The van der Waals surface area contributed by atoms with Gasteiger partial charge in [0, 0.05) is 28.2 Å². The van der Waals surface area contributed by atoms with Crippen molar-refractivity contribution < 1.29 is 14.3 Å². The zero-order valence-electron chi connectivity index (χ0n) is 14.4. The number of pyridine rings is 2. The predicted molar refractivity (Wildman–Crippen MR) is 104 cm³/mol. The number of nitrogens with zero attached hydrogens (tertiary/aromatic N) is 2. The van der Waals surface area contributed by atoms with E-state index < -0.39 is 11.7 Å². The largest absolute Gasteiger partial charge is 0.481 e. The van der Waals surface area contributed by atoms with Crippen molar-refractivity contribution in [3.05, 3.63) is 72.0 Å². The Morgan fingerprint density at radius 2 is 2.04 bits per heavy atom. The second-order valence-electron chi connectivity index (χ2n) is 5.75. The number of carbonyl (C=O) groups is 2. The van der Waals surface area contributed by atoms with Gasteiger partial charge in [0.25, 0.3) is 11.7 Å². The van der Waals surface area contributed by atoms with Gasteiger partial charge < -0.3 is 14.5 Å². The Labute approximate surface area is 159 Å². The van der Waals surface area contributed by atoms with Gasteiger partial charge in [-0.15, -0.1) is 11.3 Å². The highest BCUT2D eigenvalue weighted by Crippen LogP contribution is 2.31. The Bertz CT molecular complexity index is 1120. The minimum atomic E-state index is -0.719. The first-order valence-electron chi connectivity index (χ1n) is 8.17. The van der Waals surface area contributed by atoms with Gasteiger partial charge in [-0.3, -0.25) is 9.59 Å². The lowest BCUT2D eigenvalue weighted by Gasteiger charge is -2.07. The van der Waals surface area contributed by atoms with E-state index in [4.69, 9.17) is 4.74 Å². The molecule has 0 saturated carbocycles. The van der Waals surface area contributed by atoms with E-state index >= 15 is 0 Å². The lowest BCUT2D eigenvalue weighted by molar-refractivity contribution is -0.112. The molecule has 0 bridgehead atoms. The predicted octanol–water partition coefficient (Wildman–Crippen LogP) is 3.89. The van der Waals surface area contributed by atoms with Crippen LogP contribution in [0.25, 0.3) is 16.0 Å². The number of hydrogen-bond donors (Lipinski definition) is 1. The van der Waals surface area contributed by atoms with Crippen LogP contribution in [-0.4, -0.2) is 28.2 Å². The summed E-state index contributed by atoms with van der Waals surface area (Å²) in [5.41, 5.74) is 2.35. The zero-order valence-corrected chi connectivity index (χ0v) is 15.2. The molecule has 0 aliphatic carbocycles. The van der Waals surface area contributed by atoms with Gasteiger partial charge in [-0.2, -0.15) is 0 Å². The van der Waals surface area contributed by atoms with E-state index in [0.29, 0.717) is 17.3 Å². The van der Waals surface area contributed by atoms with Crippen LogP contribution in [0.4, 0.5) is 5.69 Å². The number of amides is 1. The van der Waals surface area contributed by atoms with Crippen LogP contribution in [0.1, 0.15) is 10.5 Å². The number of rotatable bonds is 5. The summed E-state index contributed by atoms with van der Waals surface area (Å²) in [6.45, 7) is 0. The van der Waals surface area contributed by atoms with Gasteiger partial charge in [0.2, 0.25) is 5.88 Å². The van der Waals surface area contributed by atoms with E-state index in [2.05, 4.69) is 10.3 Å². The number of ketones is 1. The summed E-state index contributed by atoms with van der Waals surface area (Å²) in [5, 5.41) is 4.54. The number of thiophene rings is 1. The molecule has 0 saturated heterocycles. The van der Waals surface area contributed by atoms with Crippen molar-refractivity contribution in [1.82, 2.24) is 9.38 Å². The fraction of sp³-hybridized carbons (Fsp3) is 0.0500. The van der Waals surface area contributed by atoms with Gasteiger partial charge in [-0.05, 0) is 35.7 Å². The number of hydrogen-bond acceptors (Lipinski definition) is 5. The van der Waals surface area contributed by atoms with Crippen molar-refractivity contribution in [1.29, 1.82) is 0 Å². The van der Waals surface area contributed by atoms with Crippen molar-refractivity contribution in [2.75, 3.05) is 12.4 Å². The fourth-order valence-corrected chi connectivity index (χ4v) is 3.59. The molecule has 7 heteroatoms. The van der Waals surface area contributed by atoms with E-state index in [9.17, 15) is 9.59 Å². The topological polar surface area (TPSA) is 72.7 Å². The number of Topliss-reactive ketones (excluding diaryl/α,β-unsaturated/α-hetero) is 1. The van der Waals surface area contributed by atoms with Crippen LogP contribution in [0.5, 0.6) is 5.88 Å². The van der Waals surface area contributed by atoms with Gasteiger partial charge in [0.05, 0.1) is 19.0 Å². The van der Waals surface area contributed by atoms with Gasteiger partial charge >= 0.3 is 0 Å². The number of methoxy groups -OCH3 is 1. The second kappa shape index (κ2) is 7.05. The summed E-state index contributed by atoms with van der Waals surface area (Å²) in [5.74, 6) is -0.902. The maximum absolute atomic E-state index is 13.0. The van der Waals surface area contributed by atoms with Gasteiger partial charge in [0.1, 0.15) is 5.69 Å². The van der Waals surface area contributed by atoms with Crippen LogP contribution in [0, 0.1) is 0 Å². The molecule has 4 aromatic rings. The lowest BCUT2D eigenvalue weighted by atomic mass is 10.1. The monoisotopic (exact) mass is 377 g/mol. The third-order valence-electron chi connectivity index (χ3n) is 4.09. The van der Waals surface area contributed by atoms with Crippen LogP contribution in [0.2, 0.25) is 0 Å². The molecule has 0 aliphatic rings.